The van der Waals surface area contributed by atoms with E-state index in [4.69, 9.17) is 4.84 Å². The fourth-order valence-corrected chi connectivity index (χ4v) is 4.77. The van der Waals surface area contributed by atoms with Crippen LogP contribution >= 0.6 is 0 Å². The molecule has 1 aliphatic carbocycles. The first-order valence-corrected chi connectivity index (χ1v) is 7.91. The first-order valence-electron chi connectivity index (χ1n) is 7.91. The number of hydrogen-bond acceptors (Lipinski definition) is 2. The second-order valence-corrected chi connectivity index (χ2v) is 7.79. The van der Waals surface area contributed by atoms with Crippen LogP contribution in [-0.4, -0.2) is 23.8 Å². The fourth-order valence-electron chi connectivity index (χ4n) is 4.77. The van der Waals surface area contributed by atoms with Crippen LogP contribution in [0.5, 0.6) is 0 Å². The molecule has 4 atom stereocenters. The molecule has 0 amide bonds. The van der Waals surface area contributed by atoms with Crippen molar-refractivity contribution >= 4 is 0 Å². The number of fused-ring (bicyclic) bond motifs is 1. The van der Waals surface area contributed by atoms with Gasteiger partial charge in [0.1, 0.15) is 5.82 Å². The van der Waals surface area contributed by atoms with Gasteiger partial charge in [0.2, 0.25) is 0 Å². The molecule has 1 saturated carbocycles. The predicted molar refractivity (Wildman–Crippen MR) is 82.4 cm³/mol. The summed E-state index contributed by atoms with van der Waals surface area (Å²) in [6.45, 7) is 9.02. The third-order valence-electron chi connectivity index (χ3n) is 5.67. The second kappa shape index (κ2) is 4.79. The minimum atomic E-state index is -0.159. The van der Waals surface area contributed by atoms with Crippen molar-refractivity contribution in [2.45, 2.75) is 57.6 Å². The number of hydrogen-bond donors (Lipinski definition) is 0. The Balaban J connectivity index is 1.94. The maximum Gasteiger partial charge on any atom is 0.123 e. The molecule has 1 aliphatic heterocycles. The van der Waals surface area contributed by atoms with Crippen molar-refractivity contribution in [2.75, 3.05) is 7.05 Å². The topological polar surface area (TPSA) is 12.5 Å². The molecule has 3 rings (SSSR count). The van der Waals surface area contributed by atoms with Crippen molar-refractivity contribution in [3.05, 3.63) is 35.6 Å². The molecule has 2 nitrogen and oxygen atoms in total. The number of rotatable bonds is 1. The van der Waals surface area contributed by atoms with Gasteiger partial charge < -0.3 is 0 Å². The van der Waals surface area contributed by atoms with Crippen LogP contribution < -0.4 is 0 Å². The van der Waals surface area contributed by atoms with Gasteiger partial charge in [-0.3, -0.25) is 4.84 Å². The van der Waals surface area contributed by atoms with E-state index in [0.717, 1.165) is 12.8 Å². The highest BCUT2D eigenvalue weighted by molar-refractivity contribution is 5.27. The van der Waals surface area contributed by atoms with Crippen molar-refractivity contribution in [1.82, 2.24) is 5.06 Å². The van der Waals surface area contributed by atoms with Crippen LogP contribution in [0.25, 0.3) is 0 Å². The first-order chi connectivity index (χ1) is 9.73. The monoisotopic (exact) mass is 291 g/mol. The van der Waals surface area contributed by atoms with E-state index < -0.39 is 0 Å². The van der Waals surface area contributed by atoms with Gasteiger partial charge in [-0.1, -0.05) is 26.0 Å². The minimum absolute atomic E-state index is 0.0973. The molecule has 21 heavy (non-hydrogen) atoms. The lowest BCUT2D eigenvalue weighted by Crippen LogP contribution is -2.48. The Morgan fingerprint density at radius 1 is 1.14 bits per heavy atom. The van der Waals surface area contributed by atoms with Crippen molar-refractivity contribution in [3.8, 4) is 0 Å². The molecule has 0 bridgehead atoms. The zero-order chi connectivity index (χ0) is 15.4. The normalized spacial score (nSPS) is 39.2. The number of halogens is 1. The van der Waals surface area contributed by atoms with E-state index in [1.165, 1.54) is 5.56 Å². The SMILES string of the molecule is CC1C[C@@](C)(c2ccc(F)cc2)C[C@@H]2[C@@H]1N(C)OC2(C)C. The fraction of sp³-hybridized carbons (Fsp3) is 0.667. The average molecular weight is 291 g/mol. The highest BCUT2D eigenvalue weighted by Gasteiger charge is 2.55. The smallest absolute Gasteiger partial charge is 0.123 e. The lowest BCUT2D eigenvalue weighted by Gasteiger charge is -2.46. The summed E-state index contributed by atoms with van der Waals surface area (Å²) in [5, 5.41) is 2.07. The number of benzene rings is 1. The molecule has 116 valence electrons. The molecule has 1 saturated heterocycles. The van der Waals surface area contributed by atoms with Gasteiger partial charge in [0, 0.05) is 19.0 Å². The summed E-state index contributed by atoms with van der Waals surface area (Å²) in [6.07, 6.45) is 2.20. The Labute approximate surface area is 127 Å². The number of nitrogens with zero attached hydrogens (tertiary/aromatic N) is 1. The Hall–Kier alpha value is -0.930. The van der Waals surface area contributed by atoms with Gasteiger partial charge in [-0.05, 0) is 55.7 Å². The maximum atomic E-state index is 13.2. The minimum Gasteiger partial charge on any atom is -0.293 e. The van der Waals surface area contributed by atoms with Crippen LogP contribution in [0.3, 0.4) is 0 Å². The van der Waals surface area contributed by atoms with Crippen molar-refractivity contribution < 1.29 is 9.23 Å². The van der Waals surface area contributed by atoms with E-state index in [0.29, 0.717) is 17.9 Å². The molecular formula is C18H26FNO. The summed E-state index contributed by atoms with van der Waals surface area (Å²) in [4.78, 5) is 6.09. The van der Waals surface area contributed by atoms with E-state index in [9.17, 15) is 4.39 Å². The van der Waals surface area contributed by atoms with Gasteiger partial charge in [-0.2, -0.15) is 5.06 Å². The lowest BCUT2D eigenvalue weighted by atomic mass is 9.59. The summed E-state index contributed by atoms with van der Waals surface area (Å²) in [7, 11) is 2.06. The van der Waals surface area contributed by atoms with Crippen molar-refractivity contribution in [2.24, 2.45) is 11.8 Å². The summed E-state index contributed by atoms with van der Waals surface area (Å²) < 4.78 is 13.2. The van der Waals surface area contributed by atoms with Gasteiger partial charge in [0.25, 0.3) is 0 Å². The number of hydroxylamine groups is 2. The molecule has 1 unspecified atom stereocenters. The van der Waals surface area contributed by atoms with Gasteiger partial charge in [-0.25, -0.2) is 4.39 Å². The lowest BCUT2D eigenvalue weighted by molar-refractivity contribution is -0.182. The summed E-state index contributed by atoms with van der Waals surface area (Å²) in [6, 6.07) is 7.55. The van der Waals surface area contributed by atoms with Crippen LogP contribution in [0.15, 0.2) is 24.3 Å². The third kappa shape index (κ3) is 2.40. The molecule has 3 heteroatoms. The highest BCUT2D eigenvalue weighted by Crippen LogP contribution is 2.52. The van der Waals surface area contributed by atoms with Gasteiger partial charge in [0.05, 0.1) is 5.60 Å². The van der Waals surface area contributed by atoms with Crippen LogP contribution in [0.1, 0.15) is 46.1 Å². The molecule has 0 aromatic heterocycles. The van der Waals surface area contributed by atoms with Crippen LogP contribution in [0, 0.1) is 17.7 Å². The van der Waals surface area contributed by atoms with E-state index in [1.54, 1.807) is 12.1 Å². The van der Waals surface area contributed by atoms with Gasteiger partial charge >= 0.3 is 0 Å². The quantitative estimate of drug-likeness (QED) is 0.770. The van der Waals surface area contributed by atoms with Gasteiger partial charge in [-0.15, -0.1) is 0 Å². The molecule has 1 heterocycles. The molecular weight excluding hydrogens is 265 g/mol. The Kier molecular flexibility index (Phi) is 3.42. The van der Waals surface area contributed by atoms with Gasteiger partial charge in [0.15, 0.2) is 0 Å². The van der Waals surface area contributed by atoms with Crippen LogP contribution in [0.2, 0.25) is 0 Å². The molecule has 1 aromatic rings. The third-order valence-corrected chi connectivity index (χ3v) is 5.67. The van der Waals surface area contributed by atoms with Crippen LogP contribution in [0.4, 0.5) is 4.39 Å². The average Bonchev–Trinajstić information content (AvgIpc) is 2.59. The van der Waals surface area contributed by atoms with E-state index in [1.807, 2.05) is 12.1 Å². The highest BCUT2D eigenvalue weighted by atomic mass is 19.1. The van der Waals surface area contributed by atoms with Crippen molar-refractivity contribution in [1.29, 1.82) is 0 Å². The largest absolute Gasteiger partial charge is 0.293 e. The van der Waals surface area contributed by atoms with Crippen LogP contribution in [-0.2, 0) is 10.3 Å². The predicted octanol–water partition coefficient (Wildman–Crippen LogP) is 4.15. The summed E-state index contributed by atoms with van der Waals surface area (Å²) in [5.74, 6) is 0.903. The molecule has 1 aromatic carbocycles. The second-order valence-electron chi connectivity index (χ2n) is 7.79. The Bertz CT molecular complexity index is 527. The van der Waals surface area contributed by atoms with E-state index >= 15 is 0 Å². The first kappa shape index (κ1) is 15.0. The molecule has 2 fully saturated rings. The standard InChI is InChI=1S/C18H26FNO/c1-12-10-18(4,13-6-8-14(19)9-7-13)11-15-16(12)20(5)21-17(15,2)3/h6-9,12,15-16H,10-11H2,1-5H3/t12?,15-,16-,18-/m1/s1. The summed E-state index contributed by atoms with van der Waals surface area (Å²) in [5.41, 5.74) is 1.22. The molecule has 0 radical (unpaired) electrons. The molecule has 0 spiro atoms. The molecule has 2 aliphatic rings. The van der Waals surface area contributed by atoms with E-state index in [2.05, 4.69) is 39.8 Å². The van der Waals surface area contributed by atoms with E-state index in [-0.39, 0.29) is 16.8 Å². The molecule has 0 N–H and O–H groups in total. The Morgan fingerprint density at radius 2 is 1.76 bits per heavy atom. The zero-order valence-electron chi connectivity index (χ0n) is 13.7. The van der Waals surface area contributed by atoms with Crippen molar-refractivity contribution in [3.63, 3.8) is 0 Å². The maximum absolute atomic E-state index is 13.2. The Morgan fingerprint density at radius 3 is 2.38 bits per heavy atom. The zero-order valence-corrected chi connectivity index (χ0v) is 13.7. The summed E-state index contributed by atoms with van der Waals surface area (Å²) >= 11 is 0.